The van der Waals surface area contributed by atoms with Crippen molar-refractivity contribution >= 4 is 11.9 Å². The van der Waals surface area contributed by atoms with Crippen molar-refractivity contribution in [2.45, 2.75) is 59.3 Å². The lowest BCUT2D eigenvalue weighted by Gasteiger charge is -2.21. The van der Waals surface area contributed by atoms with E-state index in [1.54, 1.807) is 19.9 Å². The largest absolute Gasteiger partial charge is 0.490 e. The van der Waals surface area contributed by atoms with E-state index in [0.29, 0.717) is 17.9 Å². The maximum Gasteiger partial charge on any atom is 0.333 e. The van der Waals surface area contributed by atoms with Gasteiger partial charge in [-0.3, -0.25) is 4.79 Å². The summed E-state index contributed by atoms with van der Waals surface area (Å²) >= 11 is 0. The Kier molecular flexibility index (Phi) is 15.5. The van der Waals surface area contributed by atoms with Crippen LogP contribution in [-0.2, 0) is 25.5 Å². The van der Waals surface area contributed by atoms with Gasteiger partial charge in [-0.2, -0.15) is 0 Å². The van der Waals surface area contributed by atoms with Crippen LogP contribution in [0.1, 0.15) is 58.4 Å². The number of aliphatic hydroxyl groups excluding tert-OH is 2. The van der Waals surface area contributed by atoms with Crippen molar-refractivity contribution in [1.29, 1.82) is 0 Å². The number of esters is 2. The minimum atomic E-state index is -0.794. The molecule has 0 aliphatic heterocycles. The fourth-order valence-corrected chi connectivity index (χ4v) is 5.56. The molecule has 0 unspecified atom stereocenters. The summed E-state index contributed by atoms with van der Waals surface area (Å²) in [6, 6.07) is 31.2. The summed E-state index contributed by atoms with van der Waals surface area (Å²) in [6.45, 7) is 9.28. The predicted molar refractivity (Wildman–Crippen MR) is 205 cm³/mol. The summed E-state index contributed by atoms with van der Waals surface area (Å²) in [7, 11) is 0. The zero-order valence-electron chi connectivity index (χ0n) is 30.7. The Morgan fingerprint density at radius 1 is 0.635 bits per heavy atom. The lowest BCUT2D eigenvalue weighted by Crippen LogP contribution is -2.29. The van der Waals surface area contributed by atoms with Gasteiger partial charge >= 0.3 is 11.9 Å². The fourth-order valence-electron chi connectivity index (χ4n) is 5.56. The Hall–Kier alpha value is -4.92. The van der Waals surface area contributed by atoms with Crippen LogP contribution in [0.5, 0.6) is 11.5 Å². The number of rotatable bonds is 21. The quantitative estimate of drug-likeness (QED) is 0.0503. The molecule has 4 aromatic carbocycles. The van der Waals surface area contributed by atoms with Crippen LogP contribution >= 0.6 is 0 Å². The molecule has 0 fully saturated rings. The Labute approximate surface area is 308 Å². The van der Waals surface area contributed by atoms with Crippen LogP contribution < -0.4 is 9.47 Å². The van der Waals surface area contributed by atoms with Crippen molar-refractivity contribution in [3.8, 4) is 44.9 Å². The van der Waals surface area contributed by atoms with Gasteiger partial charge in [0.25, 0.3) is 0 Å². The third-order valence-corrected chi connectivity index (χ3v) is 8.83. The molecule has 52 heavy (non-hydrogen) atoms. The first-order valence-corrected chi connectivity index (χ1v) is 18.1. The standard InChI is InChI=1S/C44H52O8/c1-5-6-7-8-33-9-11-34(12-10-33)35-13-15-36(16-14-35)37-17-19-38(20-18-37)39-29-40(49-25-27-51-42(47)32(2)21-23-45)31-41(30-39)50-26-28-52-43(48)44(3,4)22-24-46/h9-20,29-31,45-46H,2,5-8,21-28H2,1,3-4H3. The van der Waals surface area contributed by atoms with Gasteiger partial charge in [0.1, 0.15) is 37.9 Å². The van der Waals surface area contributed by atoms with Crippen LogP contribution in [0.25, 0.3) is 33.4 Å². The maximum atomic E-state index is 12.4. The Morgan fingerprint density at radius 3 is 1.60 bits per heavy atom. The molecule has 0 amide bonds. The van der Waals surface area contributed by atoms with E-state index in [0.717, 1.165) is 28.7 Å². The molecule has 0 aliphatic carbocycles. The van der Waals surface area contributed by atoms with E-state index in [2.05, 4.69) is 74.2 Å². The number of aliphatic hydroxyl groups is 2. The molecule has 8 heteroatoms. The number of unbranched alkanes of at least 4 members (excludes halogenated alkanes) is 2. The molecule has 4 aromatic rings. The zero-order chi connectivity index (χ0) is 37.3. The summed E-state index contributed by atoms with van der Waals surface area (Å²) in [6.07, 6.45) is 5.29. The van der Waals surface area contributed by atoms with Gasteiger partial charge in [0.05, 0.1) is 5.41 Å². The lowest BCUT2D eigenvalue weighted by molar-refractivity contribution is -0.155. The van der Waals surface area contributed by atoms with E-state index in [9.17, 15) is 14.7 Å². The van der Waals surface area contributed by atoms with Crippen molar-refractivity contribution in [1.82, 2.24) is 0 Å². The summed E-state index contributed by atoms with van der Waals surface area (Å²) in [5.41, 5.74) is 7.16. The molecule has 0 bridgehead atoms. The molecule has 0 radical (unpaired) electrons. The van der Waals surface area contributed by atoms with Gasteiger partial charge in [-0.25, -0.2) is 4.79 Å². The first kappa shape index (κ1) is 39.9. The Morgan fingerprint density at radius 2 is 1.12 bits per heavy atom. The average Bonchev–Trinajstić information content (AvgIpc) is 3.15. The molecule has 4 rings (SSSR count). The highest BCUT2D eigenvalue weighted by Crippen LogP contribution is 2.32. The second-order valence-electron chi connectivity index (χ2n) is 13.4. The zero-order valence-corrected chi connectivity index (χ0v) is 30.7. The van der Waals surface area contributed by atoms with Gasteiger partial charge in [-0.05, 0) is 84.2 Å². The number of hydrogen-bond donors (Lipinski definition) is 2. The van der Waals surface area contributed by atoms with Crippen molar-refractivity contribution < 1.29 is 38.7 Å². The summed E-state index contributed by atoms with van der Waals surface area (Å²) in [4.78, 5) is 24.5. The van der Waals surface area contributed by atoms with E-state index in [1.165, 1.54) is 36.0 Å². The van der Waals surface area contributed by atoms with Crippen molar-refractivity contribution in [3.05, 3.63) is 109 Å². The number of ether oxygens (including phenoxy) is 4. The maximum absolute atomic E-state index is 12.4. The van der Waals surface area contributed by atoms with Crippen LogP contribution in [0.15, 0.2) is 103 Å². The molecular weight excluding hydrogens is 656 g/mol. The summed E-state index contributed by atoms with van der Waals surface area (Å²) < 4.78 is 22.5. The van der Waals surface area contributed by atoms with Crippen LogP contribution in [-0.4, -0.2) is 61.8 Å². The van der Waals surface area contributed by atoms with Crippen LogP contribution in [0.2, 0.25) is 0 Å². The van der Waals surface area contributed by atoms with Crippen molar-refractivity contribution in [3.63, 3.8) is 0 Å². The topological polar surface area (TPSA) is 112 Å². The monoisotopic (exact) mass is 708 g/mol. The molecule has 0 atom stereocenters. The predicted octanol–water partition coefficient (Wildman–Crippen LogP) is 8.61. The van der Waals surface area contributed by atoms with Gasteiger partial charge in [0.2, 0.25) is 0 Å². The highest BCUT2D eigenvalue weighted by molar-refractivity contribution is 5.87. The van der Waals surface area contributed by atoms with Gasteiger partial charge in [-0.15, -0.1) is 0 Å². The highest BCUT2D eigenvalue weighted by atomic mass is 16.6. The van der Waals surface area contributed by atoms with E-state index in [1.807, 2.05) is 24.3 Å². The van der Waals surface area contributed by atoms with Gasteiger partial charge in [-0.1, -0.05) is 99.1 Å². The van der Waals surface area contributed by atoms with E-state index in [-0.39, 0.29) is 51.6 Å². The second-order valence-corrected chi connectivity index (χ2v) is 13.4. The molecule has 0 aliphatic rings. The molecular formula is C44H52O8. The number of hydrogen-bond acceptors (Lipinski definition) is 8. The first-order chi connectivity index (χ1) is 25.1. The Balaban J connectivity index is 1.44. The smallest absolute Gasteiger partial charge is 0.333 e. The highest BCUT2D eigenvalue weighted by Gasteiger charge is 2.28. The number of benzene rings is 4. The average molecular weight is 709 g/mol. The molecule has 0 spiro atoms. The molecule has 276 valence electrons. The number of aryl methyl sites for hydroxylation is 1. The Bertz CT molecular complexity index is 1720. The molecule has 0 saturated heterocycles. The minimum Gasteiger partial charge on any atom is -0.490 e. The van der Waals surface area contributed by atoms with E-state index in [4.69, 9.17) is 24.1 Å². The molecule has 0 heterocycles. The van der Waals surface area contributed by atoms with Gasteiger partial charge < -0.3 is 29.2 Å². The van der Waals surface area contributed by atoms with E-state index < -0.39 is 17.4 Å². The lowest BCUT2D eigenvalue weighted by atomic mass is 9.90. The number of carbonyl (C=O) groups is 2. The fraction of sp³-hybridized carbons (Fsp3) is 0.364. The van der Waals surface area contributed by atoms with Crippen LogP contribution in [0.3, 0.4) is 0 Å². The second kappa shape index (κ2) is 20.2. The summed E-state index contributed by atoms with van der Waals surface area (Å²) in [5.74, 6) is 0.0435. The first-order valence-electron chi connectivity index (χ1n) is 18.1. The van der Waals surface area contributed by atoms with Gasteiger partial charge in [0.15, 0.2) is 0 Å². The molecule has 8 nitrogen and oxygen atoms in total. The van der Waals surface area contributed by atoms with Crippen molar-refractivity contribution in [2.24, 2.45) is 5.41 Å². The van der Waals surface area contributed by atoms with Crippen LogP contribution in [0, 0.1) is 5.41 Å². The third kappa shape index (κ3) is 12.1. The summed E-state index contributed by atoms with van der Waals surface area (Å²) in [5, 5.41) is 18.3. The van der Waals surface area contributed by atoms with Gasteiger partial charge in [0, 0.05) is 31.3 Å². The normalized spacial score (nSPS) is 11.2. The van der Waals surface area contributed by atoms with E-state index >= 15 is 0 Å². The van der Waals surface area contributed by atoms with Crippen molar-refractivity contribution in [2.75, 3.05) is 39.6 Å². The minimum absolute atomic E-state index is 0.00111. The van der Waals surface area contributed by atoms with Crippen LogP contribution in [0.4, 0.5) is 0 Å². The number of carbonyl (C=O) groups excluding carboxylic acids is 2. The molecule has 2 N–H and O–H groups in total. The molecule has 0 aromatic heterocycles. The third-order valence-electron chi connectivity index (χ3n) is 8.83. The SMILES string of the molecule is C=C(CCO)C(=O)OCCOc1cc(OCCOC(=O)C(C)(C)CCO)cc(-c2ccc(-c3ccc(-c4ccc(CCCCC)cc4)cc3)cc2)c1. The molecule has 0 saturated carbocycles.